The monoisotopic (exact) mass is 405 g/mol. The van der Waals surface area contributed by atoms with Gasteiger partial charge >= 0.3 is 0 Å². The lowest BCUT2D eigenvalue weighted by atomic mass is 9.54. The number of amides is 1. The lowest BCUT2D eigenvalue weighted by Crippen LogP contribution is -2.60. The molecule has 1 aliphatic heterocycles. The Bertz CT molecular complexity index is 969. The summed E-state index contributed by atoms with van der Waals surface area (Å²) in [5.41, 5.74) is 4.63. The fourth-order valence-corrected chi connectivity index (χ4v) is 7.79. The Morgan fingerprint density at radius 2 is 1.53 bits per heavy atom. The maximum atomic E-state index is 13.3. The standard InChI is InChI=1S/C26H35N3O/c1-16-17(2)27(3)24-5-4-20(15-23(16)24)26(30)29-8-6-28(7-9-29)25-21-11-18-10-19(13-21)14-22(25)12-18/h4-5,15,18-19,21-22,25H,6-14H2,1-3H3. The average Bonchev–Trinajstić information content (AvgIpc) is 2.97. The molecule has 4 nitrogen and oxygen atoms in total. The Kier molecular flexibility index (Phi) is 4.32. The van der Waals surface area contributed by atoms with Crippen molar-refractivity contribution in [2.75, 3.05) is 26.2 Å². The number of carbonyl (C=O) groups is 1. The molecule has 4 aliphatic carbocycles. The van der Waals surface area contributed by atoms with E-state index in [0.717, 1.165) is 61.5 Å². The van der Waals surface area contributed by atoms with E-state index >= 15 is 0 Å². The summed E-state index contributed by atoms with van der Waals surface area (Å²) in [7, 11) is 2.11. The molecule has 1 amide bonds. The molecule has 4 heteroatoms. The summed E-state index contributed by atoms with van der Waals surface area (Å²) in [4.78, 5) is 18.1. The summed E-state index contributed by atoms with van der Waals surface area (Å²) in [6, 6.07) is 7.06. The van der Waals surface area contributed by atoms with Gasteiger partial charge in [0.2, 0.25) is 0 Å². The molecule has 1 saturated heterocycles. The van der Waals surface area contributed by atoms with Gasteiger partial charge in [-0.25, -0.2) is 0 Å². The van der Waals surface area contributed by atoms with E-state index < -0.39 is 0 Å². The first-order valence-corrected chi connectivity index (χ1v) is 12.1. The molecular weight excluding hydrogens is 370 g/mol. The molecular formula is C26H35N3O. The largest absolute Gasteiger partial charge is 0.348 e. The van der Waals surface area contributed by atoms with E-state index in [4.69, 9.17) is 0 Å². The highest BCUT2D eigenvalue weighted by molar-refractivity contribution is 5.99. The normalized spacial score (nSPS) is 33.6. The predicted molar refractivity (Wildman–Crippen MR) is 121 cm³/mol. The van der Waals surface area contributed by atoms with E-state index in [1.54, 1.807) is 0 Å². The maximum absolute atomic E-state index is 13.3. The van der Waals surface area contributed by atoms with Crippen molar-refractivity contribution < 1.29 is 4.79 Å². The molecule has 0 spiro atoms. The molecule has 2 heterocycles. The van der Waals surface area contributed by atoms with E-state index in [-0.39, 0.29) is 5.91 Å². The second-order valence-corrected chi connectivity index (χ2v) is 10.8. The number of benzene rings is 1. The molecule has 0 radical (unpaired) electrons. The second kappa shape index (κ2) is 6.85. The van der Waals surface area contributed by atoms with Gasteiger partial charge < -0.3 is 9.47 Å². The number of aromatic nitrogens is 1. The van der Waals surface area contributed by atoms with E-state index in [0.29, 0.717) is 0 Å². The fraction of sp³-hybridized carbons (Fsp3) is 0.654. The van der Waals surface area contributed by atoms with Crippen LogP contribution in [-0.2, 0) is 7.05 Å². The zero-order valence-electron chi connectivity index (χ0n) is 18.7. The van der Waals surface area contributed by atoms with E-state index in [1.165, 1.54) is 54.3 Å². The van der Waals surface area contributed by atoms with Gasteiger partial charge in [-0.1, -0.05) is 0 Å². The minimum atomic E-state index is 0.211. The van der Waals surface area contributed by atoms with Crippen LogP contribution in [0.25, 0.3) is 10.9 Å². The Morgan fingerprint density at radius 1 is 0.900 bits per heavy atom. The van der Waals surface area contributed by atoms with Crippen LogP contribution in [0.1, 0.15) is 53.7 Å². The van der Waals surface area contributed by atoms with Gasteiger partial charge in [0.25, 0.3) is 5.91 Å². The van der Waals surface area contributed by atoms with Crippen molar-refractivity contribution in [3.05, 3.63) is 35.0 Å². The number of fused-ring (bicyclic) bond motifs is 1. The molecule has 4 bridgehead atoms. The van der Waals surface area contributed by atoms with Crippen molar-refractivity contribution in [2.45, 2.75) is 52.0 Å². The molecule has 5 aliphatic rings. The van der Waals surface area contributed by atoms with Crippen LogP contribution < -0.4 is 0 Å². The van der Waals surface area contributed by atoms with Crippen LogP contribution in [0.5, 0.6) is 0 Å². The van der Waals surface area contributed by atoms with Crippen LogP contribution in [0.15, 0.2) is 18.2 Å². The molecule has 160 valence electrons. The third-order valence-corrected chi connectivity index (χ3v) is 9.25. The third-order valence-electron chi connectivity index (χ3n) is 9.25. The van der Waals surface area contributed by atoms with Gasteiger partial charge in [0.05, 0.1) is 0 Å². The third kappa shape index (κ3) is 2.79. The lowest BCUT2D eigenvalue weighted by molar-refractivity contribution is -0.0743. The first-order chi connectivity index (χ1) is 14.5. The smallest absolute Gasteiger partial charge is 0.253 e. The molecule has 5 fully saturated rings. The van der Waals surface area contributed by atoms with Gasteiger partial charge in [0.15, 0.2) is 0 Å². The van der Waals surface area contributed by atoms with Gasteiger partial charge in [-0.2, -0.15) is 0 Å². The van der Waals surface area contributed by atoms with Crippen molar-refractivity contribution in [2.24, 2.45) is 30.7 Å². The number of piperazine rings is 1. The topological polar surface area (TPSA) is 28.5 Å². The summed E-state index contributed by atoms with van der Waals surface area (Å²) >= 11 is 0. The van der Waals surface area contributed by atoms with Gasteiger partial charge in [0.1, 0.15) is 0 Å². The Balaban J connectivity index is 1.16. The Morgan fingerprint density at radius 3 is 2.17 bits per heavy atom. The van der Waals surface area contributed by atoms with Crippen molar-refractivity contribution in [3.8, 4) is 0 Å². The second-order valence-electron chi connectivity index (χ2n) is 10.8. The molecule has 1 aromatic carbocycles. The predicted octanol–water partition coefficient (Wildman–Crippen LogP) is 4.38. The van der Waals surface area contributed by atoms with Gasteiger partial charge in [-0.05, 0) is 93.4 Å². The highest BCUT2D eigenvalue weighted by Gasteiger charge is 2.50. The first kappa shape index (κ1) is 18.9. The van der Waals surface area contributed by atoms with E-state index in [9.17, 15) is 4.79 Å². The number of carbonyl (C=O) groups excluding carboxylic acids is 1. The number of nitrogens with zero attached hydrogens (tertiary/aromatic N) is 3. The fourth-order valence-electron chi connectivity index (χ4n) is 7.79. The maximum Gasteiger partial charge on any atom is 0.253 e. The quantitative estimate of drug-likeness (QED) is 0.742. The number of aryl methyl sites for hydroxylation is 2. The summed E-state index contributed by atoms with van der Waals surface area (Å²) in [5.74, 6) is 4.16. The van der Waals surface area contributed by atoms with Crippen LogP contribution in [-0.4, -0.2) is 52.5 Å². The van der Waals surface area contributed by atoms with Gasteiger partial charge in [-0.3, -0.25) is 9.69 Å². The number of hydrogen-bond acceptors (Lipinski definition) is 2. The summed E-state index contributed by atoms with van der Waals surface area (Å²) in [5, 5.41) is 1.22. The molecule has 0 atom stereocenters. The van der Waals surface area contributed by atoms with Gasteiger partial charge in [0, 0.05) is 61.4 Å². The van der Waals surface area contributed by atoms with E-state index in [2.05, 4.69) is 47.4 Å². The highest BCUT2D eigenvalue weighted by atomic mass is 16.2. The van der Waals surface area contributed by atoms with Crippen LogP contribution in [0.4, 0.5) is 0 Å². The lowest BCUT2D eigenvalue weighted by Gasteiger charge is -2.58. The van der Waals surface area contributed by atoms with Crippen molar-refractivity contribution in [1.82, 2.24) is 14.4 Å². The number of hydrogen-bond donors (Lipinski definition) is 0. The van der Waals surface area contributed by atoms with Crippen LogP contribution >= 0.6 is 0 Å². The van der Waals surface area contributed by atoms with Crippen LogP contribution in [0, 0.1) is 37.5 Å². The molecule has 7 rings (SSSR count). The minimum Gasteiger partial charge on any atom is -0.348 e. The molecule has 0 unspecified atom stereocenters. The average molecular weight is 406 g/mol. The van der Waals surface area contributed by atoms with Crippen molar-refractivity contribution in [3.63, 3.8) is 0 Å². The number of rotatable bonds is 2. The van der Waals surface area contributed by atoms with E-state index in [1.807, 2.05) is 6.07 Å². The molecule has 4 saturated carbocycles. The van der Waals surface area contributed by atoms with Crippen molar-refractivity contribution >= 4 is 16.8 Å². The zero-order valence-corrected chi connectivity index (χ0v) is 18.7. The Labute approximate surface area is 180 Å². The molecule has 2 aromatic rings. The molecule has 1 aromatic heterocycles. The SMILES string of the molecule is Cc1c(C)n(C)c2ccc(C(=O)N3CCN(C4C5CC6CC(C5)CC4C6)CC3)cc12. The zero-order chi connectivity index (χ0) is 20.6. The molecule has 0 N–H and O–H groups in total. The Hall–Kier alpha value is -1.81. The van der Waals surface area contributed by atoms with Crippen molar-refractivity contribution in [1.29, 1.82) is 0 Å². The minimum absolute atomic E-state index is 0.211. The molecule has 30 heavy (non-hydrogen) atoms. The summed E-state index contributed by atoms with van der Waals surface area (Å²) < 4.78 is 2.22. The highest BCUT2D eigenvalue weighted by Crippen LogP contribution is 2.55. The van der Waals surface area contributed by atoms with Crippen LogP contribution in [0.2, 0.25) is 0 Å². The first-order valence-electron chi connectivity index (χ1n) is 12.1. The summed E-state index contributed by atoms with van der Waals surface area (Å²) in [6.45, 7) is 8.20. The van der Waals surface area contributed by atoms with Gasteiger partial charge in [-0.15, -0.1) is 0 Å². The summed E-state index contributed by atoms with van der Waals surface area (Å²) in [6.07, 6.45) is 7.44. The van der Waals surface area contributed by atoms with Crippen LogP contribution in [0.3, 0.4) is 0 Å².